The number of H-pyrrole nitrogens is 1. The number of aromatic hydroxyl groups is 1. The predicted molar refractivity (Wildman–Crippen MR) is 98.6 cm³/mol. The second-order valence-electron chi connectivity index (χ2n) is 5.83. The molecule has 0 saturated heterocycles. The molecule has 3 N–H and O–H groups in total. The third-order valence-corrected chi connectivity index (χ3v) is 4.56. The zero-order valence-corrected chi connectivity index (χ0v) is 15.8. The molecule has 1 aromatic heterocycles. The molecule has 134 valence electrons. The number of aromatic nitrogens is 2. The molecule has 1 amide bonds. The van der Waals surface area contributed by atoms with Gasteiger partial charge in [0.1, 0.15) is 10.2 Å². The van der Waals surface area contributed by atoms with Gasteiger partial charge in [0.25, 0.3) is 17.0 Å². The summed E-state index contributed by atoms with van der Waals surface area (Å²) in [6, 6.07) is 4.53. The smallest absolute Gasteiger partial charge is 0.287 e. The van der Waals surface area contributed by atoms with E-state index in [2.05, 4.69) is 26.3 Å². The van der Waals surface area contributed by atoms with Gasteiger partial charge in [-0.1, -0.05) is 6.07 Å². The Bertz CT molecular complexity index is 933. The van der Waals surface area contributed by atoms with E-state index in [4.69, 9.17) is 0 Å². The lowest BCUT2D eigenvalue weighted by Gasteiger charge is -2.22. The van der Waals surface area contributed by atoms with Crippen molar-refractivity contribution in [3.05, 3.63) is 48.9 Å². The summed E-state index contributed by atoms with van der Waals surface area (Å²) < 4.78 is 1.06. The minimum absolute atomic E-state index is 0.0224. The molecular formula is C16H19BrN4O4. The van der Waals surface area contributed by atoms with E-state index in [9.17, 15) is 19.5 Å². The number of carbonyl (C=O) groups is 1. The van der Waals surface area contributed by atoms with Crippen molar-refractivity contribution in [3.63, 3.8) is 0 Å². The Morgan fingerprint density at radius 2 is 2.00 bits per heavy atom. The minimum Gasteiger partial charge on any atom is -0.505 e. The quantitative estimate of drug-likeness (QED) is 0.665. The Kier molecular flexibility index (Phi) is 5.36. The summed E-state index contributed by atoms with van der Waals surface area (Å²) in [6.45, 7) is 3.71. The number of hydrogen-bond donors (Lipinski definition) is 3. The summed E-state index contributed by atoms with van der Waals surface area (Å²) in [5, 5.41) is 15.5. The summed E-state index contributed by atoms with van der Waals surface area (Å²) in [6.07, 6.45) is 0. The number of phenols is 1. The van der Waals surface area contributed by atoms with Gasteiger partial charge in [-0.25, -0.2) is 0 Å². The largest absolute Gasteiger partial charge is 0.505 e. The Morgan fingerprint density at radius 3 is 2.60 bits per heavy atom. The van der Waals surface area contributed by atoms with Crippen LogP contribution in [0.15, 0.2) is 32.3 Å². The molecule has 2 rings (SSSR count). The molecule has 0 aliphatic carbocycles. The fourth-order valence-corrected chi connectivity index (χ4v) is 2.65. The molecule has 0 saturated carbocycles. The molecule has 25 heavy (non-hydrogen) atoms. The van der Waals surface area contributed by atoms with Gasteiger partial charge in [0.05, 0.1) is 11.3 Å². The summed E-state index contributed by atoms with van der Waals surface area (Å²) in [5.74, 6) is -0.653. The Balaban J connectivity index is 2.49. The van der Waals surface area contributed by atoms with Crippen molar-refractivity contribution in [2.24, 2.45) is 7.05 Å². The number of phenolic OH excluding ortho intramolecular Hbond substituents is 1. The first-order valence-corrected chi connectivity index (χ1v) is 8.29. The second kappa shape index (κ2) is 7.14. The van der Waals surface area contributed by atoms with Gasteiger partial charge in [-0.05, 0) is 41.9 Å². The van der Waals surface area contributed by atoms with Crippen LogP contribution in [0, 0.1) is 0 Å². The van der Waals surface area contributed by atoms with Crippen LogP contribution in [0.3, 0.4) is 0 Å². The van der Waals surface area contributed by atoms with Crippen LogP contribution in [0.4, 0.5) is 11.4 Å². The highest BCUT2D eigenvalue weighted by atomic mass is 79.9. The molecule has 0 spiro atoms. The van der Waals surface area contributed by atoms with E-state index in [0.29, 0.717) is 0 Å². The second-order valence-corrected chi connectivity index (χ2v) is 6.62. The van der Waals surface area contributed by atoms with E-state index < -0.39 is 11.1 Å². The molecule has 0 radical (unpaired) electrons. The first kappa shape index (κ1) is 18.8. The molecule has 0 fully saturated rings. The number of aromatic amines is 1. The first-order valence-electron chi connectivity index (χ1n) is 7.50. The van der Waals surface area contributed by atoms with Crippen molar-refractivity contribution in [3.8, 4) is 5.75 Å². The number of rotatable bonds is 4. The van der Waals surface area contributed by atoms with E-state index >= 15 is 0 Å². The number of para-hydroxylation sites is 1. The zero-order chi connectivity index (χ0) is 18.9. The van der Waals surface area contributed by atoms with E-state index in [0.717, 1.165) is 4.68 Å². The highest BCUT2D eigenvalue weighted by molar-refractivity contribution is 9.10. The van der Waals surface area contributed by atoms with E-state index in [1.807, 2.05) is 13.8 Å². The number of aryl methyl sites for hydroxylation is 1. The summed E-state index contributed by atoms with van der Waals surface area (Å²) >= 11 is 3.08. The van der Waals surface area contributed by atoms with Crippen LogP contribution in [0.25, 0.3) is 0 Å². The van der Waals surface area contributed by atoms with Gasteiger partial charge in [0, 0.05) is 20.1 Å². The fraction of sp³-hybridized carbons (Fsp3) is 0.312. The zero-order valence-electron chi connectivity index (χ0n) is 14.3. The molecule has 0 aliphatic heterocycles. The Hall–Kier alpha value is -2.55. The Morgan fingerprint density at radius 1 is 1.36 bits per heavy atom. The van der Waals surface area contributed by atoms with Crippen LogP contribution in [-0.2, 0) is 7.05 Å². The average Bonchev–Trinajstić information content (AvgIpc) is 2.56. The van der Waals surface area contributed by atoms with Gasteiger partial charge in [-0.3, -0.25) is 24.2 Å². The molecule has 1 heterocycles. The maximum Gasteiger partial charge on any atom is 0.287 e. The predicted octanol–water partition coefficient (Wildman–Crippen LogP) is 1.77. The summed E-state index contributed by atoms with van der Waals surface area (Å²) in [4.78, 5) is 38.0. The standard InChI is InChI=1S/C16H19BrN4O4/c1-8(2)20(3)15(24)9-6-5-7-10(13(9)22)18-12-11(17)16(25)21(4)19-14(12)23/h5-8,18,22H,1-4H3,(H,19,23). The number of nitrogens with one attached hydrogen (secondary N) is 2. The molecule has 0 unspecified atom stereocenters. The maximum absolute atomic E-state index is 12.5. The van der Waals surface area contributed by atoms with Crippen LogP contribution >= 0.6 is 15.9 Å². The van der Waals surface area contributed by atoms with E-state index in [-0.39, 0.29) is 39.1 Å². The van der Waals surface area contributed by atoms with Crippen LogP contribution in [0.2, 0.25) is 0 Å². The van der Waals surface area contributed by atoms with Crippen molar-refractivity contribution in [1.82, 2.24) is 14.7 Å². The van der Waals surface area contributed by atoms with E-state index in [1.165, 1.54) is 24.1 Å². The molecule has 0 bridgehead atoms. The number of amides is 1. The lowest BCUT2D eigenvalue weighted by atomic mass is 10.1. The normalized spacial score (nSPS) is 10.8. The molecule has 8 nitrogen and oxygen atoms in total. The fourth-order valence-electron chi connectivity index (χ4n) is 2.10. The molecule has 2 aromatic rings. The van der Waals surface area contributed by atoms with E-state index in [1.54, 1.807) is 13.1 Å². The first-order chi connectivity index (χ1) is 11.6. The summed E-state index contributed by atoms with van der Waals surface area (Å²) in [5.41, 5.74) is -0.821. The third kappa shape index (κ3) is 3.60. The minimum atomic E-state index is -0.551. The van der Waals surface area contributed by atoms with Crippen molar-refractivity contribution < 1.29 is 9.90 Å². The number of hydrogen-bond acceptors (Lipinski definition) is 5. The SMILES string of the molecule is CC(C)N(C)C(=O)c1cccc(Nc2c(Br)c(=O)n(C)[nH]c2=O)c1O. The number of nitrogens with zero attached hydrogens (tertiary/aromatic N) is 2. The van der Waals surface area contributed by atoms with Crippen LogP contribution in [0.1, 0.15) is 24.2 Å². The van der Waals surface area contributed by atoms with Crippen LogP contribution < -0.4 is 16.4 Å². The van der Waals surface area contributed by atoms with Crippen LogP contribution in [-0.4, -0.2) is 38.8 Å². The number of carbonyl (C=O) groups excluding carboxylic acids is 1. The molecule has 0 aliphatic rings. The van der Waals surface area contributed by atoms with Crippen molar-refractivity contribution in [2.75, 3.05) is 12.4 Å². The van der Waals surface area contributed by atoms with Gasteiger partial charge < -0.3 is 15.3 Å². The highest BCUT2D eigenvalue weighted by Gasteiger charge is 2.21. The number of anilines is 2. The molecular weight excluding hydrogens is 392 g/mol. The maximum atomic E-state index is 12.5. The molecule has 0 atom stereocenters. The lowest BCUT2D eigenvalue weighted by Crippen LogP contribution is -2.33. The average molecular weight is 411 g/mol. The van der Waals surface area contributed by atoms with Gasteiger partial charge in [0.15, 0.2) is 5.75 Å². The van der Waals surface area contributed by atoms with Crippen LogP contribution in [0.5, 0.6) is 5.75 Å². The van der Waals surface area contributed by atoms with Crippen molar-refractivity contribution >= 4 is 33.2 Å². The van der Waals surface area contributed by atoms with Gasteiger partial charge in [-0.15, -0.1) is 0 Å². The molecule has 1 aromatic carbocycles. The van der Waals surface area contributed by atoms with Crippen molar-refractivity contribution in [1.29, 1.82) is 0 Å². The van der Waals surface area contributed by atoms with Crippen molar-refractivity contribution in [2.45, 2.75) is 19.9 Å². The van der Waals surface area contributed by atoms with Gasteiger partial charge in [0.2, 0.25) is 0 Å². The number of benzene rings is 1. The molecule has 9 heteroatoms. The number of halogens is 1. The lowest BCUT2D eigenvalue weighted by molar-refractivity contribution is 0.0752. The van der Waals surface area contributed by atoms with Gasteiger partial charge >= 0.3 is 0 Å². The van der Waals surface area contributed by atoms with Gasteiger partial charge in [-0.2, -0.15) is 0 Å². The Labute approximate surface area is 152 Å². The third-order valence-electron chi connectivity index (χ3n) is 3.83. The monoisotopic (exact) mass is 410 g/mol. The summed E-state index contributed by atoms with van der Waals surface area (Å²) in [7, 11) is 3.05. The highest BCUT2D eigenvalue weighted by Crippen LogP contribution is 2.31. The topological polar surface area (TPSA) is 107 Å².